The Balaban J connectivity index is 1.45. The number of hydrogen-bond acceptors (Lipinski definition) is 4. The average molecular weight is 386 g/mol. The van der Waals surface area contributed by atoms with Gasteiger partial charge in [0.1, 0.15) is 17.6 Å². The third kappa shape index (κ3) is 4.66. The number of aromatic nitrogens is 1. The number of carbonyl (C=O) groups is 1. The number of benzene rings is 1. The van der Waals surface area contributed by atoms with Gasteiger partial charge in [-0.05, 0) is 30.3 Å². The van der Waals surface area contributed by atoms with E-state index < -0.39 is 11.9 Å². The molecule has 0 aliphatic carbocycles. The summed E-state index contributed by atoms with van der Waals surface area (Å²) in [5, 5.41) is 0. The van der Waals surface area contributed by atoms with Gasteiger partial charge in [0, 0.05) is 11.0 Å². The number of rotatable bonds is 5. The summed E-state index contributed by atoms with van der Waals surface area (Å²) in [5.74, 6) is -0.374. The van der Waals surface area contributed by atoms with Crippen molar-refractivity contribution in [2.75, 3.05) is 18.8 Å². The molecule has 0 saturated carbocycles. The molecule has 1 aromatic heterocycles. The van der Waals surface area contributed by atoms with Crippen molar-refractivity contribution in [2.24, 2.45) is 0 Å². The summed E-state index contributed by atoms with van der Waals surface area (Å²) in [6.07, 6.45) is -4.91. The van der Waals surface area contributed by atoms with Crippen LogP contribution in [0.3, 0.4) is 0 Å². The topological polar surface area (TPSA) is 42.4 Å². The summed E-state index contributed by atoms with van der Waals surface area (Å²) in [5.41, 5.74) is -1.02. The van der Waals surface area contributed by atoms with Gasteiger partial charge >= 0.3 is 6.18 Å². The minimum Gasteiger partial charge on any atom is -0.471 e. The van der Waals surface area contributed by atoms with E-state index in [9.17, 15) is 22.4 Å². The highest BCUT2D eigenvalue weighted by atomic mass is 32.2. The molecule has 9 heteroatoms. The van der Waals surface area contributed by atoms with Crippen molar-refractivity contribution >= 4 is 17.7 Å². The van der Waals surface area contributed by atoms with Gasteiger partial charge < -0.3 is 9.64 Å². The van der Waals surface area contributed by atoms with E-state index in [0.29, 0.717) is 13.1 Å². The molecule has 0 bridgehead atoms. The second kappa shape index (κ2) is 7.53. The van der Waals surface area contributed by atoms with Crippen LogP contribution in [0.25, 0.3) is 0 Å². The van der Waals surface area contributed by atoms with Crippen LogP contribution in [-0.2, 0) is 11.0 Å². The van der Waals surface area contributed by atoms with Crippen LogP contribution >= 0.6 is 11.8 Å². The quantitative estimate of drug-likeness (QED) is 0.582. The Labute approximate surface area is 151 Å². The van der Waals surface area contributed by atoms with Crippen LogP contribution in [0.5, 0.6) is 5.88 Å². The summed E-state index contributed by atoms with van der Waals surface area (Å²) in [6.45, 7) is 0.585. The average Bonchev–Trinajstić information content (AvgIpc) is 2.56. The normalized spacial score (nSPS) is 14.8. The van der Waals surface area contributed by atoms with Gasteiger partial charge in [-0.2, -0.15) is 13.2 Å². The van der Waals surface area contributed by atoms with E-state index in [1.807, 2.05) is 0 Å². The molecule has 1 aliphatic rings. The zero-order valence-corrected chi connectivity index (χ0v) is 14.2. The Hall–Kier alpha value is -2.29. The number of thioether (sulfide) groups is 1. The maximum atomic E-state index is 12.8. The molecule has 4 nitrogen and oxygen atoms in total. The molecule has 3 rings (SSSR count). The van der Waals surface area contributed by atoms with Crippen molar-refractivity contribution in [1.82, 2.24) is 9.88 Å². The zero-order valence-electron chi connectivity index (χ0n) is 13.4. The van der Waals surface area contributed by atoms with Crippen LogP contribution in [0.2, 0.25) is 0 Å². The number of pyridine rings is 1. The minimum atomic E-state index is -4.53. The van der Waals surface area contributed by atoms with Gasteiger partial charge in [-0.1, -0.05) is 6.07 Å². The van der Waals surface area contributed by atoms with E-state index in [0.717, 1.165) is 11.0 Å². The molecule has 1 fully saturated rings. The fourth-order valence-corrected chi connectivity index (χ4v) is 3.09. The molecule has 1 saturated heterocycles. The lowest BCUT2D eigenvalue weighted by Gasteiger charge is -2.38. The number of ether oxygens (including phenoxy) is 1. The molecular weight excluding hydrogens is 372 g/mol. The fourth-order valence-electron chi connectivity index (χ4n) is 2.29. The number of alkyl halides is 3. The van der Waals surface area contributed by atoms with Gasteiger partial charge in [0.15, 0.2) is 0 Å². The maximum absolute atomic E-state index is 12.8. The van der Waals surface area contributed by atoms with E-state index in [-0.39, 0.29) is 29.5 Å². The Morgan fingerprint density at radius 1 is 1.19 bits per heavy atom. The van der Waals surface area contributed by atoms with E-state index in [4.69, 9.17) is 4.74 Å². The van der Waals surface area contributed by atoms with Crippen LogP contribution in [0, 0.1) is 5.82 Å². The van der Waals surface area contributed by atoms with Gasteiger partial charge in [-0.15, -0.1) is 11.8 Å². The molecule has 0 radical (unpaired) electrons. The van der Waals surface area contributed by atoms with Crippen molar-refractivity contribution in [2.45, 2.75) is 17.2 Å². The van der Waals surface area contributed by atoms with Crippen LogP contribution in [0.1, 0.15) is 5.69 Å². The first-order valence-corrected chi connectivity index (χ1v) is 8.67. The maximum Gasteiger partial charge on any atom is 0.433 e. The summed E-state index contributed by atoms with van der Waals surface area (Å²) in [6, 6.07) is 9.28. The van der Waals surface area contributed by atoms with E-state index in [1.165, 1.54) is 36.0 Å². The summed E-state index contributed by atoms with van der Waals surface area (Å²) < 4.78 is 56.1. The van der Waals surface area contributed by atoms with Crippen LogP contribution in [0.15, 0.2) is 47.4 Å². The molecule has 1 aromatic carbocycles. The van der Waals surface area contributed by atoms with Gasteiger partial charge in [0.2, 0.25) is 11.8 Å². The van der Waals surface area contributed by atoms with Gasteiger partial charge in [-0.3, -0.25) is 4.79 Å². The highest BCUT2D eigenvalue weighted by molar-refractivity contribution is 8.00. The number of hydrogen-bond donors (Lipinski definition) is 0. The number of carbonyl (C=O) groups excluding carboxylic acids is 1. The second-order valence-corrected chi connectivity index (χ2v) is 6.69. The first kappa shape index (κ1) is 18.5. The third-order valence-electron chi connectivity index (χ3n) is 3.68. The monoisotopic (exact) mass is 386 g/mol. The molecular formula is C17H14F4N2O2S. The Kier molecular flexibility index (Phi) is 5.36. The van der Waals surface area contributed by atoms with E-state index >= 15 is 0 Å². The van der Waals surface area contributed by atoms with Gasteiger partial charge in [0.05, 0.1) is 18.8 Å². The van der Waals surface area contributed by atoms with E-state index in [1.54, 1.807) is 17.0 Å². The van der Waals surface area contributed by atoms with Crippen molar-refractivity contribution in [3.63, 3.8) is 0 Å². The van der Waals surface area contributed by atoms with Crippen LogP contribution < -0.4 is 4.74 Å². The lowest BCUT2D eigenvalue weighted by atomic mass is 10.1. The smallest absolute Gasteiger partial charge is 0.433 e. The first-order chi connectivity index (χ1) is 12.3. The highest BCUT2D eigenvalue weighted by Gasteiger charge is 2.35. The molecule has 26 heavy (non-hydrogen) atoms. The summed E-state index contributed by atoms with van der Waals surface area (Å²) >= 11 is 1.29. The number of halogens is 4. The molecule has 2 aromatic rings. The number of likely N-dealkylation sites (tertiary alicyclic amines) is 1. The molecule has 0 unspecified atom stereocenters. The Morgan fingerprint density at radius 2 is 1.88 bits per heavy atom. The van der Waals surface area contributed by atoms with Gasteiger partial charge in [-0.25, -0.2) is 9.37 Å². The Morgan fingerprint density at radius 3 is 2.54 bits per heavy atom. The SMILES string of the molecule is O=C(CSc1ccc(F)cc1)N1CC(Oc2cccc(C(F)(F)F)n2)C1. The minimum absolute atomic E-state index is 0.113. The standard InChI is InChI=1S/C17H14F4N2O2S/c18-11-4-6-13(7-5-11)26-10-16(24)23-8-12(9-23)25-15-3-1-2-14(22-15)17(19,20)21/h1-7,12H,8-10H2. The fraction of sp³-hybridized carbons (Fsp3) is 0.294. The molecule has 138 valence electrons. The molecule has 0 N–H and O–H groups in total. The van der Waals surface area contributed by atoms with Crippen molar-refractivity contribution in [1.29, 1.82) is 0 Å². The largest absolute Gasteiger partial charge is 0.471 e. The molecule has 0 spiro atoms. The number of amides is 1. The van der Waals surface area contributed by atoms with Crippen LogP contribution in [0.4, 0.5) is 17.6 Å². The van der Waals surface area contributed by atoms with Gasteiger partial charge in [0.25, 0.3) is 0 Å². The van der Waals surface area contributed by atoms with Crippen molar-refractivity contribution in [3.05, 3.63) is 54.0 Å². The predicted molar refractivity (Wildman–Crippen MR) is 87.4 cm³/mol. The third-order valence-corrected chi connectivity index (χ3v) is 4.67. The highest BCUT2D eigenvalue weighted by Crippen LogP contribution is 2.29. The lowest BCUT2D eigenvalue weighted by molar-refractivity contribution is -0.141. The van der Waals surface area contributed by atoms with Crippen molar-refractivity contribution < 1.29 is 27.1 Å². The zero-order chi connectivity index (χ0) is 18.7. The summed E-state index contributed by atoms with van der Waals surface area (Å²) in [4.78, 5) is 17.8. The Bertz CT molecular complexity index is 777. The molecule has 1 amide bonds. The van der Waals surface area contributed by atoms with E-state index in [2.05, 4.69) is 4.98 Å². The first-order valence-electron chi connectivity index (χ1n) is 7.68. The molecule has 0 atom stereocenters. The second-order valence-electron chi connectivity index (χ2n) is 5.64. The lowest BCUT2D eigenvalue weighted by Crippen LogP contribution is -2.56. The predicted octanol–water partition coefficient (Wildman–Crippen LogP) is 3.62. The molecule has 2 heterocycles. The summed E-state index contributed by atoms with van der Waals surface area (Å²) in [7, 11) is 0. The van der Waals surface area contributed by atoms with Crippen LogP contribution in [-0.4, -0.2) is 40.7 Å². The molecule has 1 aliphatic heterocycles. The van der Waals surface area contributed by atoms with Crippen molar-refractivity contribution in [3.8, 4) is 5.88 Å². The number of nitrogens with zero attached hydrogens (tertiary/aromatic N) is 2.